The molecular weight excluding hydrogens is 338 g/mol. The highest BCUT2D eigenvalue weighted by Gasteiger charge is 2.02. The van der Waals surface area contributed by atoms with E-state index in [1.54, 1.807) is 0 Å². The number of likely N-dealkylation sites (N-methyl/N-ethyl adjacent to an activating group) is 1. The van der Waals surface area contributed by atoms with Crippen molar-refractivity contribution in [1.29, 1.82) is 0 Å². The molecule has 27 heavy (non-hydrogen) atoms. The van der Waals surface area contributed by atoms with Crippen molar-refractivity contribution in [1.82, 2.24) is 5.32 Å². The molecule has 0 rings (SSSR count). The molecule has 0 spiro atoms. The van der Waals surface area contributed by atoms with E-state index in [4.69, 9.17) is 9.47 Å². The van der Waals surface area contributed by atoms with Crippen LogP contribution < -0.4 is 5.32 Å². The van der Waals surface area contributed by atoms with Crippen molar-refractivity contribution in [2.75, 3.05) is 33.4 Å². The van der Waals surface area contributed by atoms with Crippen LogP contribution in [-0.2, 0) is 14.3 Å². The van der Waals surface area contributed by atoms with E-state index in [2.05, 4.69) is 12.2 Å². The predicted octanol–water partition coefficient (Wildman–Crippen LogP) is 6.03. The maximum absolute atomic E-state index is 11.6. The van der Waals surface area contributed by atoms with Crippen molar-refractivity contribution in [3.05, 3.63) is 0 Å². The number of carbonyl (C=O) groups excluding carboxylic acids is 1. The number of nitrogens with one attached hydrogen (secondary N) is 1. The summed E-state index contributed by atoms with van der Waals surface area (Å²) in [5.41, 5.74) is 0. The zero-order valence-corrected chi connectivity index (χ0v) is 18.4. The third kappa shape index (κ3) is 23.4. The Morgan fingerprint density at radius 3 is 1.63 bits per heavy atom. The second kappa shape index (κ2) is 23.4. The van der Waals surface area contributed by atoms with E-state index in [1.165, 1.54) is 83.5 Å². The van der Waals surface area contributed by atoms with Gasteiger partial charge in [-0.05, 0) is 13.5 Å². The van der Waals surface area contributed by atoms with E-state index >= 15 is 0 Å². The SMILES string of the molecule is CCCCCCCCCCCCCCCCCC(=O)OCCOCCNC. The van der Waals surface area contributed by atoms with E-state index in [-0.39, 0.29) is 5.97 Å². The molecular formula is C23H47NO3. The van der Waals surface area contributed by atoms with Gasteiger partial charge in [-0.1, -0.05) is 96.8 Å². The summed E-state index contributed by atoms with van der Waals surface area (Å²) >= 11 is 0. The molecule has 0 heterocycles. The summed E-state index contributed by atoms with van der Waals surface area (Å²) in [7, 11) is 1.89. The molecule has 4 heteroatoms. The van der Waals surface area contributed by atoms with Gasteiger partial charge in [0.2, 0.25) is 0 Å². The normalized spacial score (nSPS) is 11.0. The highest BCUT2D eigenvalue weighted by Crippen LogP contribution is 2.13. The predicted molar refractivity (Wildman–Crippen MR) is 115 cm³/mol. The maximum atomic E-state index is 11.6. The Kier molecular flexibility index (Phi) is 22.9. The zero-order chi connectivity index (χ0) is 19.8. The van der Waals surface area contributed by atoms with Crippen LogP contribution in [0.5, 0.6) is 0 Å². The fourth-order valence-electron chi connectivity index (χ4n) is 3.20. The number of carbonyl (C=O) groups is 1. The summed E-state index contributed by atoms with van der Waals surface area (Å²) in [5, 5.41) is 3.01. The fourth-order valence-corrected chi connectivity index (χ4v) is 3.20. The molecule has 0 saturated carbocycles. The van der Waals surface area contributed by atoms with E-state index in [9.17, 15) is 4.79 Å². The van der Waals surface area contributed by atoms with Crippen molar-refractivity contribution >= 4 is 5.97 Å². The van der Waals surface area contributed by atoms with Gasteiger partial charge in [-0.25, -0.2) is 0 Å². The molecule has 4 nitrogen and oxygen atoms in total. The largest absolute Gasteiger partial charge is 0.463 e. The molecule has 1 N–H and O–H groups in total. The lowest BCUT2D eigenvalue weighted by atomic mass is 10.0. The first-order chi connectivity index (χ1) is 13.3. The molecule has 0 fully saturated rings. The van der Waals surface area contributed by atoms with Crippen LogP contribution in [0, 0.1) is 0 Å². The van der Waals surface area contributed by atoms with Crippen LogP contribution in [0.2, 0.25) is 0 Å². The molecule has 0 radical (unpaired) electrons. The van der Waals surface area contributed by atoms with Gasteiger partial charge in [-0.3, -0.25) is 4.79 Å². The van der Waals surface area contributed by atoms with Gasteiger partial charge in [0, 0.05) is 13.0 Å². The molecule has 0 aromatic rings. The average Bonchev–Trinajstić information content (AvgIpc) is 2.67. The third-order valence-electron chi connectivity index (χ3n) is 4.97. The Labute approximate surface area is 169 Å². The van der Waals surface area contributed by atoms with Crippen LogP contribution >= 0.6 is 0 Å². The molecule has 162 valence electrons. The van der Waals surface area contributed by atoms with Gasteiger partial charge in [0.1, 0.15) is 6.61 Å². The number of rotatable bonds is 22. The summed E-state index contributed by atoms with van der Waals surface area (Å²) in [6.45, 7) is 4.63. The van der Waals surface area contributed by atoms with Crippen LogP contribution in [0.4, 0.5) is 0 Å². The van der Waals surface area contributed by atoms with E-state index in [1.807, 2.05) is 7.05 Å². The van der Waals surface area contributed by atoms with Crippen molar-refractivity contribution in [2.45, 2.75) is 110 Å². The quantitative estimate of drug-likeness (QED) is 0.183. The van der Waals surface area contributed by atoms with Crippen LogP contribution in [-0.4, -0.2) is 39.4 Å². The first kappa shape index (κ1) is 26.4. The minimum Gasteiger partial charge on any atom is -0.463 e. The summed E-state index contributed by atoms with van der Waals surface area (Å²) in [4.78, 5) is 11.6. The highest BCUT2D eigenvalue weighted by atomic mass is 16.6. The van der Waals surface area contributed by atoms with Crippen LogP contribution in [0.3, 0.4) is 0 Å². The van der Waals surface area contributed by atoms with Crippen molar-refractivity contribution < 1.29 is 14.3 Å². The van der Waals surface area contributed by atoms with Crippen molar-refractivity contribution in [3.63, 3.8) is 0 Å². The highest BCUT2D eigenvalue weighted by molar-refractivity contribution is 5.69. The third-order valence-corrected chi connectivity index (χ3v) is 4.97. The average molecular weight is 386 g/mol. The first-order valence-electron chi connectivity index (χ1n) is 11.7. The molecule has 0 aromatic heterocycles. The lowest BCUT2D eigenvalue weighted by molar-refractivity contribution is -0.145. The minimum absolute atomic E-state index is 0.0816. The molecule has 0 aliphatic carbocycles. The van der Waals surface area contributed by atoms with Gasteiger partial charge in [0.15, 0.2) is 0 Å². The molecule has 0 bridgehead atoms. The number of esters is 1. The Morgan fingerprint density at radius 1 is 0.667 bits per heavy atom. The standard InChI is InChI=1S/C23H47NO3/c1-3-4-5-6-7-8-9-10-11-12-13-14-15-16-17-18-23(25)27-22-21-26-20-19-24-2/h24H,3-22H2,1-2H3. The van der Waals surface area contributed by atoms with Gasteiger partial charge in [-0.15, -0.1) is 0 Å². The molecule has 0 unspecified atom stereocenters. The van der Waals surface area contributed by atoms with E-state index in [0.29, 0.717) is 26.2 Å². The number of hydrogen-bond donors (Lipinski definition) is 1. The summed E-state index contributed by atoms with van der Waals surface area (Å²) in [6, 6.07) is 0. The first-order valence-corrected chi connectivity index (χ1v) is 11.7. The molecule has 0 aliphatic rings. The van der Waals surface area contributed by atoms with Crippen LogP contribution in [0.15, 0.2) is 0 Å². The summed E-state index contributed by atoms with van der Waals surface area (Å²) < 4.78 is 10.5. The monoisotopic (exact) mass is 385 g/mol. The second-order valence-corrected chi connectivity index (χ2v) is 7.64. The fraction of sp³-hybridized carbons (Fsp3) is 0.957. The summed E-state index contributed by atoms with van der Waals surface area (Å²) in [5.74, 6) is -0.0816. The summed E-state index contributed by atoms with van der Waals surface area (Å²) in [6.07, 6.45) is 20.7. The van der Waals surface area contributed by atoms with Gasteiger partial charge in [0.05, 0.1) is 13.2 Å². The lowest BCUT2D eigenvalue weighted by Gasteiger charge is -2.06. The molecule has 0 amide bonds. The van der Waals surface area contributed by atoms with Gasteiger partial charge in [0.25, 0.3) is 0 Å². The molecule has 0 aromatic carbocycles. The van der Waals surface area contributed by atoms with Crippen LogP contribution in [0.25, 0.3) is 0 Å². The molecule has 0 saturated heterocycles. The second-order valence-electron chi connectivity index (χ2n) is 7.64. The Morgan fingerprint density at radius 2 is 1.15 bits per heavy atom. The van der Waals surface area contributed by atoms with E-state index < -0.39 is 0 Å². The lowest BCUT2D eigenvalue weighted by Crippen LogP contribution is -2.17. The number of hydrogen-bond acceptors (Lipinski definition) is 4. The number of ether oxygens (including phenoxy) is 2. The van der Waals surface area contributed by atoms with Gasteiger partial charge >= 0.3 is 5.97 Å². The maximum Gasteiger partial charge on any atom is 0.305 e. The van der Waals surface area contributed by atoms with Gasteiger partial charge in [-0.2, -0.15) is 0 Å². The van der Waals surface area contributed by atoms with Crippen molar-refractivity contribution in [3.8, 4) is 0 Å². The zero-order valence-electron chi connectivity index (χ0n) is 18.4. The Balaban J connectivity index is 3.10. The smallest absolute Gasteiger partial charge is 0.305 e. The van der Waals surface area contributed by atoms with Crippen molar-refractivity contribution in [2.24, 2.45) is 0 Å². The molecule has 0 atom stereocenters. The topological polar surface area (TPSA) is 47.6 Å². The molecule has 0 aliphatic heterocycles. The van der Waals surface area contributed by atoms with Crippen LogP contribution in [0.1, 0.15) is 110 Å². The minimum atomic E-state index is -0.0816. The number of unbranched alkanes of at least 4 members (excludes halogenated alkanes) is 14. The Hall–Kier alpha value is -0.610. The van der Waals surface area contributed by atoms with E-state index in [0.717, 1.165) is 19.4 Å². The van der Waals surface area contributed by atoms with Gasteiger partial charge < -0.3 is 14.8 Å². The Bertz CT molecular complexity index is 297.